The Labute approximate surface area is 82.0 Å². The monoisotopic (exact) mass is 191 g/mol. The van der Waals surface area contributed by atoms with Gasteiger partial charge in [-0.05, 0) is 17.7 Å². The molecule has 0 saturated heterocycles. The molecule has 0 aliphatic rings. The van der Waals surface area contributed by atoms with Crippen molar-refractivity contribution in [2.75, 3.05) is 6.61 Å². The third-order valence-electron chi connectivity index (χ3n) is 2.37. The van der Waals surface area contributed by atoms with E-state index in [2.05, 4.69) is 4.98 Å². The first-order chi connectivity index (χ1) is 6.72. The molecule has 3 N–H and O–H groups in total. The molecular weight excluding hydrogens is 178 g/mol. The summed E-state index contributed by atoms with van der Waals surface area (Å²) < 4.78 is 1.95. The smallest absolute Gasteiger partial charge is 0.0955 e. The van der Waals surface area contributed by atoms with Gasteiger partial charge in [0.25, 0.3) is 0 Å². The first-order valence-corrected chi connectivity index (χ1v) is 4.50. The van der Waals surface area contributed by atoms with Crippen LogP contribution in [-0.4, -0.2) is 21.3 Å². The lowest BCUT2D eigenvalue weighted by atomic mass is 10.1. The van der Waals surface area contributed by atoms with Gasteiger partial charge in [-0.3, -0.25) is 0 Å². The molecule has 2 rings (SSSR count). The SMILES string of the molecule is Cn1cnc2cc(C(N)CO)ccc21. The number of benzene rings is 1. The van der Waals surface area contributed by atoms with Gasteiger partial charge in [-0.15, -0.1) is 0 Å². The Kier molecular flexibility index (Phi) is 2.23. The van der Waals surface area contributed by atoms with Crippen LogP contribution in [0, 0.1) is 0 Å². The van der Waals surface area contributed by atoms with Gasteiger partial charge < -0.3 is 15.4 Å². The van der Waals surface area contributed by atoms with Gasteiger partial charge in [0, 0.05) is 7.05 Å². The molecule has 0 spiro atoms. The number of aliphatic hydroxyl groups is 1. The molecule has 2 aromatic rings. The number of aromatic nitrogens is 2. The van der Waals surface area contributed by atoms with Crippen molar-refractivity contribution in [1.82, 2.24) is 9.55 Å². The summed E-state index contributed by atoms with van der Waals surface area (Å²) in [5, 5.41) is 8.91. The van der Waals surface area contributed by atoms with E-state index in [9.17, 15) is 0 Å². The van der Waals surface area contributed by atoms with Gasteiger partial charge in [-0.1, -0.05) is 6.07 Å². The van der Waals surface area contributed by atoms with Crippen molar-refractivity contribution in [3.63, 3.8) is 0 Å². The number of rotatable bonds is 2. The van der Waals surface area contributed by atoms with Crippen LogP contribution >= 0.6 is 0 Å². The Bertz CT molecular complexity index is 450. The highest BCUT2D eigenvalue weighted by molar-refractivity contribution is 5.76. The second-order valence-electron chi connectivity index (χ2n) is 3.39. The van der Waals surface area contributed by atoms with Gasteiger partial charge in [0.05, 0.1) is 30.0 Å². The van der Waals surface area contributed by atoms with Crippen LogP contribution in [0.3, 0.4) is 0 Å². The van der Waals surface area contributed by atoms with E-state index < -0.39 is 0 Å². The molecule has 1 unspecified atom stereocenters. The molecule has 4 nitrogen and oxygen atoms in total. The molecule has 74 valence electrons. The van der Waals surface area contributed by atoms with Crippen LogP contribution in [0.1, 0.15) is 11.6 Å². The predicted molar refractivity (Wildman–Crippen MR) is 54.7 cm³/mol. The molecule has 0 amide bonds. The average molecular weight is 191 g/mol. The molecule has 0 fully saturated rings. The molecule has 0 radical (unpaired) electrons. The van der Waals surface area contributed by atoms with Crippen molar-refractivity contribution in [3.8, 4) is 0 Å². The van der Waals surface area contributed by atoms with Crippen molar-refractivity contribution in [3.05, 3.63) is 30.1 Å². The maximum atomic E-state index is 8.91. The molecule has 4 heteroatoms. The van der Waals surface area contributed by atoms with Crippen molar-refractivity contribution in [2.45, 2.75) is 6.04 Å². The van der Waals surface area contributed by atoms with Gasteiger partial charge in [0.1, 0.15) is 0 Å². The van der Waals surface area contributed by atoms with E-state index in [0.29, 0.717) is 0 Å². The number of hydrogen-bond donors (Lipinski definition) is 2. The topological polar surface area (TPSA) is 64.1 Å². The Morgan fingerprint density at radius 2 is 2.36 bits per heavy atom. The fourth-order valence-electron chi connectivity index (χ4n) is 1.49. The number of aliphatic hydroxyl groups excluding tert-OH is 1. The lowest BCUT2D eigenvalue weighted by molar-refractivity contribution is 0.268. The van der Waals surface area contributed by atoms with Crippen LogP contribution in [0.2, 0.25) is 0 Å². The fraction of sp³-hybridized carbons (Fsp3) is 0.300. The highest BCUT2D eigenvalue weighted by Gasteiger charge is 2.06. The maximum absolute atomic E-state index is 8.91. The van der Waals surface area contributed by atoms with E-state index in [1.165, 1.54) is 0 Å². The summed E-state index contributed by atoms with van der Waals surface area (Å²) >= 11 is 0. The van der Waals surface area contributed by atoms with E-state index in [1.807, 2.05) is 29.8 Å². The molecule has 0 aliphatic carbocycles. The quantitative estimate of drug-likeness (QED) is 0.729. The molecule has 1 aromatic heterocycles. The second-order valence-corrected chi connectivity index (χ2v) is 3.39. The van der Waals surface area contributed by atoms with E-state index in [1.54, 1.807) is 6.33 Å². The Morgan fingerprint density at radius 3 is 3.07 bits per heavy atom. The second kappa shape index (κ2) is 3.40. The fourth-order valence-corrected chi connectivity index (χ4v) is 1.49. The van der Waals surface area contributed by atoms with Crippen molar-refractivity contribution in [1.29, 1.82) is 0 Å². The zero-order valence-corrected chi connectivity index (χ0v) is 8.01. The summed E-state index contributed by atoms with van der Waals surface area (Å²) in [6, 6.07) is 5.48. The van der Waals surface area contributed by atoms with Crippen LogP contribution in [0.4, 0.5) is 0 Å². The molecular formula is C10H13N3O. The van der Waals surface area contributed by atoms with E-state index in [0.717, 1.165) is 16.6 Å². The summed E-state index contributed by atoms with van der Waals surface area (Å²) in [7, 11) is 1.95. The van der Waals surface area contributed by atoms with Crippen LogP contribution in [0.15, 0.2) is 24.5 Å². The highest BCUT2D eigenvalue weighted by Crippen LogP contribution is 2.17. The van der Waals surface area contributed by atoms with E-state index >= 15 is 0 Å². The largest absolute Gasteiger partial charge is 0.394 e. The van der Waals surface area contributed by atoms with Gasteiger partial charge in [0.15, 0.2) is 0 Å². The lowest BCUT2D eigenvalue weighted by Gasteiger charge is -2.07. The molecule has 0 bridgehead atoms. The summed E-state index contributed by atoms with van der Waals surface area (Å²) in [5.74, 6) is 0. The van der Waals surface area contributed by atoms with Gasteiger partial charge in [-0.2, -0.15) is 0 Å². The molecule has 1 atom stereocenters. The van der Waals surface area contributed by atoms with Crippen LogP contribution in [0.25, 0.3) is 11.0 Å². The Hall–Kier alpha value is -1.39. The van der Waals surface area contributed by atoms with Gasteiger partial charge in [0.2, 0.25) is 0 Å². The van der Waals surface area contributed by atoms with Crippen molar-refractivity contribution in [2.24, 2.45) is 12.8 Å². The van der Waals surface area contributed by atoms with Gasteiger partial charge >= 0.3 is 0 Å². The molecule has 0 aliphatic heterocycles. The van der Waals surface area contributed by atoms with Gasteiger partial charge in [-0.25, -0.2) is 4.98 Å². The maximum Gasteiger partial charge on any atom is 0.0955 e. The number of hydrogen-bond acceptors (Lipinski definition) is 3. The third-order valence-corrected chi connectivity index (χ3v) is 2.37. The summed E-state index contributed by atoms with van der Waals surface area (Å²) in [6.45, 7) is -0.0433. The molecule has 1 aromatic carbocycles. The zero-order chi connectivity index (χ0) is 10.1. The molecule has 0 saturated carbocycles. The highest BCUT2D eigenvalue weighted by atomic mass is 16.3. The normalized spacial score (nSPS) is 13.4. The van der Waals surface area contributed by atoms with Crippen LogP contribution in [0.5, 0.6) is 0 Å². The minimum absolute atomic E-state index is 0.0433. The van der Waals surface area contributed by atoms with Crippen LogP contribution in [-0.2, 0) is 7.05 Å². The van der Waals surface area contributed by atoms with Crippen LogP contribution < -0.4 is 5.73 Å². The number of imidazole rings is 1. The summed E-state index contributed by atoms with van der Waals surface area (Å²) in [4.78, 5) is 4.22. The molecule has 1 heterocycles. The van der Waals surface area contributed by atoms with Crippen molar-refractivity contribution < 1.29 is 5.11 Å². The minimum atomic E-state index is -0.318. The Morgan fingerprint density at radius 1 is 1.57 bits per heavy atom. The standard InChI is InChI=1S/C10H13N3O/c1-13-6-12-9-4-7(8(11)5-14)2-3-10(9)13/h2-4,6,8,14H,5,11H2,1H3. The minimum Gasteiger partial charge on any atom is -0.394 e. The lowest BCUT2D eigenvalue weighted by Crippen LogP contribution is -2.14. The van der Waals surface area contributed by atoms with Crippen molar-refractivity contribution >= 4 is 11.0 Å². The summed E-state index contributed by atoms with van der Waals surface area (Å²) in [6.07, 6.45) is 1.76. The van der Waals surface area contributed by atoms with E-state index in [-0.39, 0.29) is 12.6 Å². The summed E-state index contributed by atoms with van der Waals surface area (Å²) in [5.41, 5.74) is 8.60. The number of fused-ring (bicyclic) bond motifs is 1. The first-order valence-electron chi connectivity index (χ1n) is 4.50. The average Bonchev–Trinajstić information content (AvgIpc) is 2.59. The first kappa shape index (κ1) is 9.18. The zero-order valence-electron chi connectivity index (χ0n) is 8.01. The predicted octanol–water partition coefficient (Wildman–Crippen LogP) is 0.565. The van der Waals surface area contributed by atoms with E-state index in [4.69, 9.17) is 10.8 Å². The molecule has 14 heavy (non-hydrogen) atoms. The third kappa shape index (κ3) is 1.38. The Balaban J connectivity index is 2.52. The number of nitrogens with two attached hydrogens (primary N) is 1. The number of nitrogens with zero attached hydrogens (tertiary/aromatic N) is 2. The number of aryl methyl sites for hydroxylation is 1.